The Morgan fingerprint density at radius 3 is 2.62 bits per heavy atom. The minimum Gasteiger partial charge on any atom is -0.384 e. The number of nitrogens with zero attached hydrogens (tertiary/aromatic N) is 2. The highest BCUT2D eigenvalue weighted by molar-refractivity contribution is 7.92. The van der Waals surface area contributed by atoms with Crippen molar-refractivity contribution in [2.45, 2.75) is 52.5 Å². The predicted octanol–water partition coefficient (Wildman–Crippen LogP) is 4.56. The maximum atomic E-state index is 15.5. The Labute approximate surface area is 189 Å². The number of hydrogen-bond donors (Lipinski definition) is 2. The Morgan fingerprint density at radius 2 is 2.00 bits per heavy atom. The number of rotatable bonds is 7. The molecule has 0 spiro atoms. The minimum absolute atomic E-state index is 0.00240. The molecule has 0 fully saturated rings. The van der Waals surface area contributed by atoms with E-state index in [4.69, 9.17) is 5.73 Å². The molecule has 2 heterocycles. The van der Waals surface area contributed by atoms with Crippen molar-refractivity contribution in [2.24, 2.45) is 22.6 Å². The largest absolute Gasteiger partial charge is 0.384 e. The highest BCUT2D eigenvalue weighted by Gasteiger charge is 2.31. The van der Waals surface area contributed by atoms with E-state index in [0.717, 1.165) is 37.0 Å². The van der Waals surface area contributed by atoms with Gasteiger partial charge in [0.2, 0.25) is 10.0 Å². The van der Waals surface area contributed by atoms with Gasteiger partial charge in [0.25, 0.3) is 0 Å². The summed E-state index contributed by atoms with van der Waals surface area (Å²) in [5.41, 5.74) is 6.34. The van der Waals surface area contributed by atoms with Crippen LogP contribution in [0.2, 0.25) is 0 Å². The summed E-state index contributed by atoms with van der Waals surface area (Å²) in [6.07, 6.45) is 8.51. The van der Waals surface area contributed by atoms with Crippen LogP contribution >= 0.6 is 0 Å². The molecule has 3 atom stereocenters. The van der Waals surface area contributed by atoms with Crippen LogP contribution in [-0.4, -0.2) is 32.6 Å². The highest BCUT2D eigenvalue weighted by Crippen LogP contribution is 2.39. The van der Waals surface area contributed by atoms with Crippen LogP contribution in [0.25, 0.3) is 0 Å². The molecule has 0 amide bonds. The normalized spacial score (nSPS) is 24.0. The monoisotopic (exact) mass is 466 g/mol. The topological polar surface area (TPSA) is 87.8 Å². The number of nitrogens with two attached hydrogens (primary N) is 1. The molecule has 0 aliphatic carbocycles. The van der Waals surface area contributed by atoms with E-state index >= 15 is 4.39 Å². The molecule has 2 aliphatic heterocycles. The first-order valence-electron chi connectivity index (χ1n) is 11.1. The van der Waals surface area contributed by atoms with Crippen LogP contribution in [-0.2, 0) is 10.0 Å². The Bertz CT molecular complexity index is 1040. The summed E-state index contributed by atoms with van der Waals surface area (Å²) in [4.78, 5) is 5.95. The molecule has 0 aromatic heterocycles. The number of dihydropyridines is 1. The number of hydrogen-bond acceptors (Lipinski definition) is 5. The van der Waals surface area contributed by atoms with Crippen LogP contribution in [0.5, 0.6) is 0 Å². The molecule has 3 unspecified atom stereocenters. The second-order valence-electron chi connectivity index (χ2n) is 8.48. The molecule has 1 aromatic carbocycles. The number of aliphatic imine (C=N–C) groups is 1. The first kappa shape index (κ1) is 24.2. The molecule has 0 saturated carbocycles. The van der Waals surface area contributed by atoms with Crippen molar-refractivity contribution in [3.8, 4) is 0 Å². The fourth-order valence-corrected chi connectivity index (χ4v) is 5.49. The van der Waals surface area contributed by atoms with Gasteiger partial charge < -0.3 is 10.6 Å². The van der Waals surface area contributed by atoms with Crippen molar-refractivity contribution in [1.82, 2.24) is 0 Å². The van der Waals surface area contributed by atoms with Crippen LogP contribution < -0.4 is 15.4 Å². The van der Waals surface area contributed by atoms with Crippen molar-refractivity contribution in [3.05, 3.63) is 47.7 Å². The van der Waals surface area contributed by atoms with Gasteiger partial charge in [-0.05, 0) is 62.3 Å². The number of anilines is 2. The summed E-state index contributed by atoms with van der Waals surface area (Å²) in [5.74, 6) is -1.07. The average Bonchev–Trinajstić information content (AvgIpc) is 2.90. The maximum absolute atomic E-state index is 15.5. The predicted molar refractivity (Wildman–Crippen MR) is 126 cm³/mol. The summed E-state index contributed by atoms with van der Waals surface area (Å²) < 4.78 is 57.1. The Balaban J connectivity index is 2.06. The molecule has 1 aromatic rings. The summed E-state index contributed by atoms with van der Waals surface area (Å²) >= 11 is 0. The summed E-state index contributed by atoms with van der Waals surface area (Å²) in [6, 6.07) is 2.06. The fraction of sp³-hybridized carbons (Fsp3) is 0.522. The first-order valence-corrected chi connectivity index (χ1v) is 12.8. The molecule has 0 saturated heterocycles. The van der Waals surface area contributed by atoms with Crippen LogP contribution in [0.15, 0.2) is 41.1 Å². The molecule has 176 valence electrons. The van der Waals surface area contributed by atoms with Crippen molar-refractivity contribution in [2.75, 3.05) is 21.9 Å². The van der Waals surface area contributed by atoms with Gasteiger partial charge in [-0.2, -0.15) is 0 Å². The zero-order valence-corrected chi connectivity index (χ0v) is 19.6. The van der Waals surface area contributed by atoms with Crippen molar-refractivity contribution in [1.29, 1.82) is 0 Å². The molecule has 32 heavy (non-hydrogen) atoms. The third kappa shape index (κ3) is 5.31. The standard InChI is InChI=1S/C23H32F2N4O2S/c1-4-12-32(30,31)28-20-10-9-19(24)23(22(20)25)29-14-18(16(5-2)7-6-15(29)3)17-8-11-21(26)27-13-17/h8-11,14-17,28H,4-7,12-13H2,1-3H3,(H2,26,27). The number of benzene rings is 1. The lowest BCUT2D eigenvalue weighted by Gasteiger charge is -2.29. The van der Waals surface area contributed by atoms with Gasteiger partial charge in [0, 0.05) is 18.2 Å². The van der Waals surface area contributed by atoms with E-state index in [-0.39, 0.29) is 35.0 Å². The van der Waals surface area contributed by atoms with Gasteiger partial charge in [-0.3, -0.25) is 9.71 Å². The van der Waals surface area contributed by atoms with Crippen molar-refractivity contribution in [3.63, 3.8) is 0 Å². The number of amidine groups is 1. The van der Waals surface area contributed by atoms with E-state index in [2.05, 4.69) is 16.6 Å². The van der Waals surface area contributed by atoms with Gasteiger partial charge in [-0.1, -0.05) is 19.9 Å². The van der Waals surface area contributed by atoms with Gasteiger partial charge in [0.05, 0.1) is 18.0 Å². The first-order chi connectivity index (χ1) is 15.2. The van der Waals surface area contributed by atoms with E-state index in [1.54, 1.807) is 17.9 Å². The summed E-state index contributed by atoms with van der Waals surface area (Å²) in [6.45, 7) is 6.24. The van der Waals surface area contributed by atoms with Crippen molar-refractivity contribution < 1.29 is 17.2 Å². The Hall–Kier alpha value is -2.42. The minimum atomic E-state index is -3.72. The quantitative estimate of drug-likeness (QED) is 0.617. The third-order valence-corrected chi connectivity index (χ3v) is 7.60. The zero-order chi connectivity index (χ0) is 23.5. The summed E-state index contributed by atoms with van der Waals surface area (Å²) in [5, 5.41) is 0. The SMILES string of the molecule is CCCS(=O)(=O)Nc1ccc(F)c(N2C=C(C3C=CC(N)=NC3)C(CC)CCC2C)c1F. The van der Waals surface area contributed by atoms with Crippen LogP contribution in [0, 0.1) is 23.5 Å². The molecule has 9 heteroatoms. The molecule has 2 aliphatic rings. The van der Waals surface area contributed by atoms with Crippen LogP contribution in [0.3, 0.4) is 0 Å². The van der Waals surface area contributed by atoms with E-state index in [0.29, 0.717) is 18.8 Å². The van der Waals surface area contributed by atoms with Gasteiger partial charge in [-0.25, -0.2) is 17.2 Å². The van der Waals surface area contributed by atoms with E-state index in [9.17, 15) is 12.8 Å². The number of halogens is 2. The van der Waals surface area contributed by atoms with E-state index in [1.807, 2.05) is 19.2 Å². The second kappa shape index (κ2) is 10.0. The van der Waals surface area contributed by atoms with E-state index in [1.165, 1.54) is 0 Å². The lowest BCUT2D eigenvalue weighted by Crippen LogP contribution is -2.30. The van der Waals surface area contributed by atoms with Gasteiger partial charge in [0.1, 0.15) is 17.3 Å². The third-order valence-electron chi connectivity index (χ3n) is 6.12. The highest BCUT2D eigenvalue weighted by atomic mass is 32.2. The Kier molecular flexibility index (Phi) is 7.59. The molecule has 0 radical (unpaired) electrons. The lowest BCUT2D eigenvalue weighted by molar-refractivity contribution is 0.473. The molecule has 0 bridgehead atoms. The maximum Gasteiger partial charge on any atom is 0.232 e. The van der Waals surface area contributed by atoms with Gasteiger partial charge in [-0.15, -0.1) is 0 Å². The van der Waals surface area contributed by atoms with Crippen LogP contribution in [0.1, 0.15) is 46.5 Å². The Morgan fingerprint density at radius 1 is 1.25 bits per heavy atom. The van der Waals surface area contributed by atoms with E-state index < -0.39 is 21.7 Å². The smallest absolute Gasteiger partial charge is 0.232 e. The molecule has 6 nitrogen and oxygen atoms in total. The number of nitrogens with one attached hydrogen (secondary N) is 1. The van der Waals surface area contributed by atoms with Crippen LogP contribution in [0.4, 0.5) is 20.2 Å². The fourth-order valence-electron chi connectivity index (χ4n) is 4.36. The van der Waals surface area contributed by atoms with Crippen molar-refractivity contribution >= 4 is 27.2 Å². The number of sulfonamides is 1. The molecule has 3 N–H and O–H groups in total. The summed E-state index contributed by atoms with van der Waals surface area (Å²) in [7, 11) is -3.72. The lowest BCUT2D eigenvalue weighted by atomic mass is 9.83. The van der Waals surface area contributed by atoms with Gasteiger partial charge in [0.15, 0.2) is 5.82 Å². The average molecular weight is 467 g/mol. The van der Waals surface area contributed by atoms with Gasteiger partial charge >= 0.3 is 0 Å². The molecule has 3 rings (SSSR count). The molecular weight excluding hydrogens is 434 g/mol. The zero-order valence-electron chi connectivity index (χ0n) is 18.8. The molecular formula is C23H32F2N4O2S. The second-order valence-corrected chi connectivity index (χ2v) is 10.3.